The fourth-order valence-electron chi connectivity index (χ4n) is 3.63. The number of fused-ring (bicyclic) bond motifs is 4. The monoisotopic (exact) mass is 385 g/mol. The number of methoxy groups -OCH3 is 1. The Labute approximate surface area is 166 Å². The van der Waals surface area contributed by atoms with E-state index in [1.54, 1.807) is 18.0 Å². The normalized spacial score (nSPS) is 11.7. The lowest BCUT2D eigenvalue weighted by Crippen LogP contribution is -2.22. The molecule has 7 nitrogen and oxygen atoms in total. The van der Waals surface area contributed by atoms with E-state index in [0.29, 0.717) is 35.3 Å². The van der Waals surface area contributed by atoms with Crippen LogP contribution in [0.3, 0.4) is 0 Å². The van der Waals surface area contributed by atoms with Crippen molar-refractivity contribution in [2.24, 2.45) is 0 Å². The molecule has 0 bridgehead atoms. The first-order valence-electron chi connectivity index (χ1n) is 9.39. The van der Waals surface area contributed by atoms with E-state index in [1.165, 1.54) is 0 Å². The first kappa shape index (κ1) is 17.5. The fraction of sp³-hybridized carbons (Fsp3) is 0.182. The summed E-state index contributed by atoms with van der Waals surface area (Å²) in [5.41, 5.74) is 5.12. The van der Waals surface area contributed by atoms with Crippen molar-refractivity contribution in [2.75, 3.05) is 13.7 Å². The van der Waals surface area contributed by atoms with Crippen LogP contribution in [-0.4, -0.2) is 37.8 Å². The van der Waals surface area contributed by atoms with E-state index in [-0.39, 0.29) is 5.56 Å². The highest BCUT2D eigenvalue weighted by atomic mass is 16.5. The molecule has 0 aliphatic rings. The van der Waals surface area contributed by atoms with E-state index < -0.39 is 0 Å². The lowest BCUT2D eigenvalue weighted by molar-refractivity contribution is 0.186. The van der Waals surface area contributed by atoms with Crippen LogP contribution in [0.15, 0.2) is 59.7 Å². The maximum atomic E-state index is 13.3. The van der Waals surface area contributed by atoms with E-state index in [9.17, 15) is 4.79 Å². The number of nitrogens with zero attached hydrogens (tertiary/aromatic N) is 5. The second-order valence-corrected chi connectivity index (χ2v) is 6.99. The van der Waals surface area contributed by atoms with Crippen molar-refractivity contribution in [3.63, 3.8) is 0 Å². The molecule has 3 aromatic heterocycles. The minimum atomic E-state index is -0.145. The Morgan fingerprint density at radius 1 is 1.00 bits per heavy atom. The molecule has 7 heteroatoms. The Balaban J connectivity index is 1.94. The van der Waals surface area contributed by atoms with Crippen LogP contribution in [-0.2, 0) is 11.3 Å². The van der Waals surface area contributed by atoms with Gasteiger partial charge in [0, 0.05) is 12.8 Å². The second-order valence-electron chi connectivity index (χ2n) is 6.99. The third-order valence-electron chi connectivity index (χ3n) is 5.03. The van der Waals surface area contributed by atoms with Gasteiger partial charge in [-0.25, -0.2) is 15.0 Å². The lowest BCUT2D eigenvalue weighted by Gasteiger charge is -2.08. The molecular formula is C22H19N5O2. The van der Waals surface area contributed by atoms with Gasteiger partial charge in [-0.3, -0.25) is 13.9 Å². The Kier molecular flexibility index (Phi) is 4.10. The van der Waals surface area contributed by atoms with Gasteiger partial charge in [-0.2, -0.15) is 0 Å². The van der Waals surface area contributed by atoms with Crippen molar-refractivity contribution >= 4 is 33.2 Å². The molecule has 0 atom stereocenters. The number of benzene rings is 2. The summed E-state index contributed by atoms with van der Waals surface area (Å²) in [6.45, 7) is 2.89. The molecule has 0 radical (unpaired) electrons. The minimum absolute atomic E-state index is 0.145. The predicted octanol–water partition coefficient (Wildman–Crippen LogP) is 3.24. The number of hydrogen-bond donors (Lipinski definition) is 0. The molecule has 0 unspecified atom stereocenters. The summed E-state index contributed by atoms with van der Waals surface area (Å²) in [7, 11) is 1.61. The zero-order chi connectivity index (χ0) is 20.0. The van der Waals surface area contributed by atoms with Crippen molar-refractivity contribution in [3.05, 3.63) is 70.8 Å². The van der Waals surface area contributed by atoms with Gasteiger partial charge in [-0.1, -0.05) is 24.3 Å². The highest BCUT2D eigenvalue weighted by molar-refractivity contribution is 6.05. The smallest absolute Gasteiger partial charge is 0.265 e. The number of para-hydroxylation sites is 2. The number of rotatable bonds is 4. The van der Waals surface area contributed by atoms with Gasteiger partial charge in [0.15, 0.2) is 11.3 Å². The molecule has 0 amide bonds. The van der Waals surface area contributed by atoms with Crippen molar-refractivity contribution in [2.45, 2.75) is 13.5 Å². The fourth-order valence-corrected chi connectivity index (χ4v) is 3.63. The van der Waals surface area contributed by atoms with Crippen molar-refractivity contribution in [1.82, 2.24) is 24.1 Å². The summed E-state index contributed by atoms with van der Waals surface area (Å²) in [6.07, 6.45) is 1.56. The zero-order valence-corrected chi connectivity index (χ0v) is 16.2. The molecule has 29 heavy (non-hydrogen) atoms. The van der Waals surface area contributed by atoms with E-state index in [0.717, 1.165) is 22.3 Å². The molecule has 5 rings (SSSR count). The van der Waals surface area contributed by atoms with Crippen molar-refractivity contribution in [3.8, 4) is 5.69 Å². The van der Waals surface area contributed by atoms with Gasteiger partial charge in [0.05, 0.1) is 24.2 Å². The van der Waals surface area contributed by atoms with E-state index >= 15 is 0 Å². The molecule has 144 valence electrons. The first-order chi connectivity index (χ1) is 14.2. The minimum Gasteiger partial charge on any atom is -0.383 e. The van der Waals surface area contributed by atoms with Gasteiger partial charge in [0.25, 0.3) is 5.56 Å². The molecule has 0 fully saturated rings. The quantitative estimate of drug-likeness (QED) is 0.475. The van der Waals surface area contributed by atoms with E-state index in [4.69, 9.17) is 14.7 Å². The van der Waals surface area contributed by atoms with Crippen molar-refractivity contribution in [1.29, 1.82) is 0 Å². The number of hydrogen-bond acceptors (Lipinski definition) is 5. The van der Waals surface area contributed by atoms with Crippen LogP contribution in [0.5, 0.6) is 0 Å². The van der Waals surface area contributed by atoms with E-state index in [1.807, 2.05) is 60.0 Å². The first-order valence-corrected chi connectivity index (χ1v) is 9.39. The number of ether oxygens (including phenoxy) is 1. The average molecular weight is 385 g/mol. The average Bonchev–Trinajstić information content (AvgIpc) is 3.05. The van der Waals surface area contributed by atoms with Gasteiger partial charge >= 0.3 is 0 Å². The van der Waals surface area contributed by atoms with Crippen LogP contribution in [0.25, 0.3) is 38.9 Å². The maximum Gasteiger partial charge on any atom is 0.265 e. The topological polar surface area (TPSA) is 74.8 Å². The molecular weight excluding hydrogens is 366 g/mol. The predicted molar refractivity (Wildman–Crippen MR) is 113 cm³/mol. The SMILES string of the molecule is COCCn1cnc2c(c1=O)c1nc3ccccc3nc1n2-c1cccc(C)c1. The molecule has 5 aromatic rings. The second kappa shape index (κ2) is 6.79. The third kappa shape index (κ3) is 2.78. The molecule has 0 N–H and O–H groups in total. The Bertz CT molecular complexity index is 1430. The standard InChI is InChI=1S/C22H19N5O2/c1-14-6-5-7-15(12-14)27-20-18(22(28)26(13-23-20)10-11-29-2)19-21(27)25-17-9-4-3-8-16(17)24-19/h3-9,12-13H,10-11H2,1-2H3. The molecule has 0 aliphatic heterocycles. The molecule has 0 saturated carbocycles. The summed E-state index contributed by atoms with van der Waals surface area (Å²) in [5, 5.41) is 0.471. The molecule has 2 aromatic carbocycles. The molecule has 3 heterocycles. The molecule has 0 spiro atoms. The summed E-state index contributed by atoms with van der Waals surface area (Å²) < 4.78 is 8.60. The summed E-state index contributed by atoms with van der Waals surface area (Å²) in [5.74, 6) is 0. The van der Waals surface area contributed by atoms with Gasteiger partial charge in [-0.15, -0.1) is 0 Å². The third-order valence-corrected chi connectivity index (χ3v) is 5.03. The Morgan fingerprint density at radius 3 is 2.55 bits per heavy atom. The van der Waals surface area contributed by atoms with Crippen LogP contribution in [0.2, 0.25) is 0 Å². The van der Waals surface area contributed by atoms with Gasteiger partial charge in [0.1, 0.15) is 17.2 Å². The molecule has 0 saturated heterocycles. The number of aryl methyl sites for hydroxylation is 1. The molecule has 0 aliphatic carbocycles. The zero-order valence-electron chi connectivity index (χ0n) is 16.2. The summed E-state index contributed by atoms with van der Waals surface area (Å²) in [6, 6.07) is 15.7. The highest BCUT2D eigenvalue weighted by Crippen LogP contribution is 2.28. The largest absolute Gasteiger partial charge is 0.383 e. The van der Waals surface area contributed by atoms with Crippen LogP contribution in [0.4, 0.5) is 0 Å². The maximum absolute atomic E-state index is 13.3. The lowest BCUT2D eigenvalue weighted by atomic mass is 10.2. The Morgan fingerprint density at radius 2 is 1.79 bits per heavy atom. The van der Waals surface area contributed by atoms with Gasteiger partial charge in [-0.05, 0) is 36.8 Å². The van der Waals surface area contributed by atoms with Crippen molar-refractivity contribution < 1.29 is 4.74 Å². The Hall–Kier alpha value is -3.58. The van der Waals surface area contributed by atoms with Crippen LogP contribution < -0.4 is 5.56 Å². The van der Waals surface area contributed by atoms with Crippen LogP contribution in [0.1, 0.15) is 5.56 Å². The summed E-state index contributed by atoms with van der Waals surface area (Å²) >= 11 is 0. The highest BCUT2D eigenvalue weighted by Gasteiger charge is 2.20. The van der Waals surface area contributed by atoms with Gasteiger partial charge in [0.2, 0.25) is 0 Å². The van der Waals surface area contributed by atoms with Gasteiger partial charge < -0.3 is 4.74 Å². The van der Waals surface area contributed by atoms with E-state index in [2.05, 4.69) is 4.98 Å². The number of aromatic nitrogens is 5. The van der Waals surface area contributed by atoms with Crippen LogP contribution >= 0.6 is 0 Å². The van der Waals surface area contributed by atoms with Crippen LogP contribution in [0, 0.1) is 6.92 Å². The summed E-state index contributed by atoms with van der Waals surface area (Å²) in [4.78, 5) is 27.5.